The lowest BCUT2D eigenvalue weighted by molar-refractivity contribution is -0.0903. The van der Waals surface area contributed by atoms with Crippen molar-refractivity contribution in [1.29, 1.82) is 0 Å². The molecule has 1 amide bonds. The van der Waals surface area contributed by atoms with E-state index in [4.69, 9.17) is 18.9 Å². The normalized spacial score (nSPS) is 21.4. The SMILES string of the molecule is CCCCCCCO[C@H]1[C@H](N(C)C(=O)OC(C)(C)C)[C@@H](OCc2ccccc2)C[C@H]1OCc1ccccc1. The molecule has 0 aliphatic heterocycles. The lowest BCUT2D eigenvalue weighted by Crippen LogP contribution is -2.51. The fraction of sp³-hybridized carbons (Fsp3) is 0.594. The first kappa shape index (κ1) is 30.1. The molecule has 4 atom stereocenters. The molecule has 0 unspecified atom stereocenters. The number of carbonyl (C=O) groups excluding carboxylic acids is 1. The first-order valence-corrected chi connectivity index (χ1v) is 14.2. The van der Waals surface area contributed by atoms with Crippen LogP contribution >= 0.6 is 0 Å². The van der Waals surface area contributed by atoms with Crippen molar-refractivity contribution in [3.05, 3.63) is 71.8 Å². The number of hydrogen-bond acceptors (Lipinski definition) is 5. The lowest BCUT2D eigenvalue weighted by Gasteiger charge is -2.35. The Kier molecular flexibility index (Phi) is 12.1. The van der Waals surface area contributed by atoms with Crippen LogP contribution in [0.3, 0.4) is 0 Å². The number of unbranched alkanes of at least 4 members (excludes halogenated alkanes) is 4. The highest BCUT2D eigenvalue weighted by Crippen LogP contribution is 2.34. The number of carbonyl (C=O) groups is 1. The number of hydrogen-bond donors (Lipinski definition) is 0. The molecule has 0 heterocycles. The van der Waals surface area contributed by atoms with Crippen LogP contribution in [0, 0.1) is 0 Å². The van der Waals surface area contributed by atoms with Crippen LogP contribution in [0.15, 0.2) is 60.7 Å². The Morgan fingerprint density at radius 1 is 0.816 bits per heavy atom. The van der Waals surface area contributed by atoms with Gasteiger partial charge in [-0.05, 0) is 38.3 Å². The third-order valence-electron chi connectivity index (χ3n) is 6.85. The summed E-state index contributed by atoms with van der Waals surface area (Å²) in [7, 11) is 1.79. The Morgan fingerprint density at radius 3 is 1.92 bits per heavy atom. The molecular weight excluding hydrogens is 478 g/mol. The molecule has 0 bridgehead atoms. The highest BCUT2D eigenvalue weighted by atomic mass is 16.6. The van der Waals surface area contributed by atoms with Crippen molar-refractivity contribution >= 4 is 6.09 Å². The maximum Gasteiger partial charge on any atom is 0.410 e. The van der Waals surface area contributed by atoms with E-state index in [1.54, 1.807) is 11.9 Å². The van der Waals surface area contributed by atoms with Crippen molar-refractivity contribution in [3.63, 3.8) is 0 Å². The van der Waals surface area contributed by atoms with E-state index in [1.165, 1.54) is 19.3 Å². The van der Waals surface area contributed by atoms with Crippen LogP contribution in [0.2, 0.25) is 0 Å². The summed E-state index contributed by atoms with van der Waals surface area (Å²) in [5.41, 5.74) is 1.60. The lowest BCUT2D eigenvalue weighted by atomic mass is 10.1. The summed E-state index contributed by atoms with van der Waals surface area (Å²) in [6, 6.07) is 19.9. The molecule has 1 aliphatic rings. The molecule has 6 heteroatoms. The molecule has 2 aromatic carbocycles. The van der Waals surface area contributed by atoms with Gasteiger partial charge in [-0.1, -0.05) is 93.3 Å². The zero-order chi connectivity index (χ0) is 27.4. The van der Waals surface area contributed by atoms with Crippen molar-refractivity contribution in [1.82, 2.24) is 4.90 Å². The van der Waals surface area contributed by atoms with Crippen molar-refractivity contribution in [2.75, 3.05) is 13.7 Å². The van der Waals surface area contributed by atoms with Gasteiger partial charge in [0.05, 0.1) is 31.5 Å². The van der Waals surface area contributed by atoms with Gasteiger partial charge in [0.25, 0.3) is 0 Å². The summed E-state index contributed by atoms with van der Waals surface area (Å²) in [5.74, 6) is 0. The van der Waals surface area contributed by atoms with Gasteiger partial charge in [-0.25, -0.2) is 4.79 Å². The van der Waals surface area contributed by atoms with E-state index in [9.17, 15) is 4.79 Å². The van der Waals surface area contributed by atoms with Crippen LogP contribution in [0.5, 0.6) is 0 Å². The highest BCUT2D eigenvalue weighted by Gasteiger charge is 2.49. The number of likely N-dealkylation sites (N-methyl/N-ethyl adjacent to an activating group) is 1. The van der Waals surface area contributed by atoms with Crippen LogP contribution < -0.4 is 0 Å². The molecule has 1 fully saturated rings. The van der Waals surface area contributed by atoms with E-state index in [2.05, 4.69) is 31.2 Å². The summed E-state index contributed by atoms with van der Waals surface area (Å²) < 4.78 is 25.2. The number of rotatable bonds is 14. The van der Waals surface area contributed by atoms with E-state index in [-0.39, 0.29) is 30.4 Å². The van der Waals surface area contributed by atoms with Crippen LogP contribution in [0.25, 0.3) is 0 Å². The molecule has 1 saturated carbocycles. The molecular formula is C32H47NO5. The van der Waals surface area contributed by atoms with Gasteiger partial charge in [0.1, 0.15) is 11.7 Å². The van der Waals surface area contributed by atoms with Crippen molar-refractivity contribution in [3.8, 4) is 0 Å². The maximum absolute atomic E-state index is 13.2. The Morgan fingerprint density at radius 2 is 1.37 bits per heavy atom. The molecule has 3 rings (SSSR count). The highest BCUT2D eigenvalue weighted by molar-refractivity contribution is 5.68. The van der Waals surface area contributed by atoms with E-state index >= 15 is 0 Å². The van der Waals surface area contributed by atoms with Crippen molar-refractivity contribution in [2.45, 2.75) is 109 Å². The smallest absolute Gasteiger partial charge is 0.410 e. The minimum Gasteiger partial charge on any atom is -0.444 e. The molecule has 0 N–H and O–H groups in total. The van der Waals surface area contributed by atoms with Gasteiger partial charge in [-0.15, -0.1) is 0 Å². The number of amides is 1. The number of benzene rings is 2. The largest absolute Gasteiger partial charge is 0.444 e. The van der Waals surface area contributed by atoms with Crippen LogP contribution in [-0.4, -0.2) is 54.6 Å². The number of ether oxygens (including phenoxy) is 4. The fourth-order valence-electron chi connectivity index (χ4n) is 4.87. The first-order chi connectivity index (χ1) is 18.3. The topological polar surface area (TPSA) is 57.2 Å². The fourth-order valence-corrected chi connectivity index (χ4v) is 4.87. The zero-order valence-corrected chi connectivity index (χ0v) is 23.9. The second-order valence-electron chi connectivity index (χ2n) is 11.2. The molecule has 0 radical (unpaired) electrons. The van der Waals surface area contributed by atoms with Crippen LogP contribution in [-0.2, 0) is 32.2 Å². The summed E-state index contributed by atoms with van der Waals surface area (Å²) in [6.45, 7) is 9.43. The van der Waals surface area contributed by atoms with Gasteiger partial charge in [-0.2, -0.15) is 0 Å². The summed E-state index contributed by atoms with van der Waals surface area (Å²) in [4.78, 5) is 14.9. The summed E-state index contributed by atoms with van der Waals surface area (Å²) >= 11 is 0. The van der Waals surface area contributed by atoms with Gasteiger partial charge >= 0.3 is 6.09 Å². The van der Waals surface area contributed by atoms with Gasteiger partial charge in [0, 0.05) is 20.1 Å². The predicted octanol–water partition coefficient (Wildman–Crippen LogP) is 7.15. The Bertz CT molecular complexity index is 930. The molecule has 38 heavy (non-hydrogen) atoms. The van der Waals surface area contributed by atoms with Gasteiger partial charge in [0.15, 0.2) is 0 Å². The standard InChI is InChI=1S/C32H47NO5/c1-6-7-8-9-16-21-35-30-28(37-24-26-19-14-11-15-20-26)22-27(36-23-25-17-12-10-13-18-25)29(30)33(5)31(34)38-32(2,3)4/h10-15,17-20,27-30H,6-9,16,21-24H2,1-5H3/t27-,28+,29+,30+/m0/s1. The molecule has 2 aromatic rings. The Balaban J connectivity index is 1.78. The molecule has 1 aliphatic carbocycles. The number of nitrogens with zero attached hydrogens (tertiary/aromatic N) is 1. The molecule has 0 aromatic heterocycles. The second kappa shape index (κ2) is 15.2. The third kappa shape index (κ3) is 9.72. The average Bonchev–Trinajstić information content (AvgIpc) is 3.25. The summed E-state index contributed by atoms with van der Waals surface area (Å²) in [5, 5.41) is 0. The van der Waals surface area contributed by atoms with E-state index in [1.807, 2.05) is 57.2 Å². The third-order valence-corrected chi connectivity index (χ3v) is 6.85. The quantitative estimate of drug-likeness (QED) is 0.245. The van der Waals surface area contributed by atoms with Gasteiger partial charge in [-0.3, -0.25) is 0 Å². The molecule has 0 spiro atoms. The predicted molar refractivity (Wildman–Crippen MR) is 151 cm³/mol. The Hall–Kier alpha value is -2.41. The minimum absolute atomic E-state index is 0.207. The van der Waals surface area contributed by atoms with Crippen LogP contribution in [0.1, 0.15) is 77.3 Å². The molecule has 0 saturated heterocycles. The van der Waals surface area contributed by atoms with E-state index in [0.717, 1.165) is 24.0 Å². The van der Waals surface area contributed by atoms with Crippen molar-refractivity contribution in [2.24, 2.45) is 0 Å². The summed E-state index contributed by atoms with van der Waals surface area (Å²) in [6.07, 6.45) is 5.27. The van der Waals surface area contributed by atoms with Crippen LogP contribution in [0.4, 0.5) is 4.79 Å². The van der Waals surface area contributed by atoms with Gasteiger partial charge < -0.3 is 23.8 Å². The van der Waals surface area contributed by atoms with Gasteiger partial charge in [0.2, 0.25) is 0 Å². The Labute approximate surface area is 229 Å². The van der Waals surface area contributed by atoms with E-state index < -0.39 is 5.60 Å². The maximum atomic E-state index is 13.2. The second-order valence-corrected chi connectivity index (χ2v) is 11.2. The molecule has 6 nitrogen and oxygen atoms in total. The molecule has 210 valence electrons. The monoisotopic (exact) mass is 525 g/mol. The van der Waals surface area contributed by atoms with Crippen molar-refractivity contribution < 1.29 is 23.7 Å². The minimum atomic E-state index is -0.594. The van der Waals surface area contributed by atoms with E-state index in [0.29, 0.717) is 26.2 Å². The first-order valence-electron chi connectivity index (χ1n) is 14.2. The zero-order valence-electron chi connectivity index (χ0n) is 23.9. The average molecular weight is 526 g/mol.